The number of hydrogen-bond donors (Lipinski definition) is 1. The Morgan fingerprint density at radius 1 is 1.56 bits per heavy atom. The van der Waals surface area contributed by atoms with Crippen LogP contribution >= 0.6 is 0 Å². The van der Waals surface area contributed by atoms with Crippen molar-refractivity contribution in [2.24, 2.45) is 11.0 Å². The van der Waals surface area contributed by atoms with E-state index in [1.807, 2.05) is 13.8 Å². The van der Waals surface area contributed by atoms with Gasteiger partial charge in [0.1, 0.15) is 0 Å². The van der Waals surface area contributed by atoms with Crippen molar-refractivity contribution < 1.29 is 14.3 Å². The van der Waals surface area contributed by atoms with E-state index in [4.69, 9.17) is 15.0 Å². The molecule has 10 heteroatoms. The van der Waals surface area contributed by atoms with Gasteiger partial charge in [0.25, 0.3) is 5.56 Å². The molecule has 136 valence electrons. The summed E-state index contributed by atoms with van der Waals surface area (Å²) in [6.07, 6.45) is 0.706. The summed E-state index contributed by atoms with van der Waals surface area (Å²) in [7, 11) is 0. The Balaban J connectivity index is 2.45. The van der Waals surface area contributed by atoms with Crippen molar-refractivity contribution >= 4 is 5.97 Å². The van der Waals surface area contributed by atoms with Crippen molar-refractivity contribution in [3.8, 4) is 0 Å². The number of H-pyrrole nitrogens is 1. The molecule has 1 aromatic heterocycles. The Labute approximate surface area is 143 Å². The quantitative estimate of drug-likeness (QED) is 0.358. The van der Waals surface area contributed by atoms with E-state index in [0.717, 1.165) is 0 Å². The Kier molecular flexibility index (Phi) is 5.66. The van der Waals surface area contributed by atoms with Crippen molar-refractivity contribution in [1.82, 2.24) is 9.55 Å². The number of carbonyl (C=O) groups is 1. The molecule has 2 heterocycles. The van der Waals surface area contributed by atoms with E-state index in [2.05, 4.69) is 15.0 Å². The summed E-state index contributed by atoms with van der Waals surface area (Å²) in [5.41, 5.74) is 6.59. The zero-order valence-electron chi connectivity index (χ0n) is 14.3. The standard InChI is InChI=1S/C15H21N5O5/c1-4-15(6-7-17-19-16)9(2)12(24-10(3)21)13(25-15)20-8-5-11(22)18-14(20)23/h5,8-9,12-13H,4,6-7H2,1-3H3,(H,18,22,23)/t9-,12?,13-,15+/m1/s1. The second kappa shape index (κ2) is 7.54. The minimum Gasteiger partial charge on any atom is -0.457 e. The van der Waals surface area contributed by atoms with Crippen LogP contribution in [0, 0.1) is 5.92 Å². The van der Waals surface area contributed by atoms with Crippen molar-refractivity contribution in [1.29, 1.82) is 0 Å². The lowest BCUT2D eigenvalue weighted by Gasteiger charge is -2.31. The predicted molar refractivity (Wildman–Crippen MR) is 87.8 cm³/mol. The molecule has 1 saturated heterocycles. The number of ether oxygens (including phenoxy) is 2. The molecule has 4 atom stereocenters. The van der Waals surface area contributed by atoms with Gasteiger partial charge in [-0.2, -0.15) is 0 Å². The van der Waals surface area contributed by atoms with E-state index in [0.29, 0.717) is 12.8 Å². The first kappa shape index (κ1) is 18.8. The average Bonchev–Trinajstić information content (AvgIpc) is 2.81. The zero-order valence-corrected chi connectivity index (χ0v) is 14.3. The van der Waals surface area contributed by atoms with Crippen LogP contribution in [-0.4, -0.2) is 33.8 Å². The van der Waals surface area contributed by atoms with Crippen LogP contribution in [0.15, 0.2) is 27.0 Å². The summed E-state index contributed by atoms with van der Waals surface area (Å²) in [5.74, 6) is -0.746. The molecule has 0 aromatic carbocycles. The van der Waals surface area contributed by atoms with Crippen LogP contribution in [0.25, 0.3) is 10.4 Å². The summed E-state index contributed by atoms with van der Waals surface area (Å²) in [5, 5.41) is 3.55. The predicted octanol–water partition coefficient (Wildman–Crippen LogP) is 1.48. The Hall–Kier alpha value is -2.58. The highest BCUT2D eigenvalue weighted by Crippen LogP contribution is 2.46. The molecule has 2 rings (SSSR count). The number of rotatable bonds is 6. The van der Waals surface area contributed by atoms with Crippen molar-refractivity contribution in [2.75, 3.05) is 6.54 Å². The molecule has 0 bridgehead atoms. The summed E-state index contributed by atoms with van der Waals surface area (Å²) in [6, 6.07) is 1.20. The van der Waals surface area contributed by atoms with Crippen LogP contribution in [0.1, 0.15) is 39.8 Å². The van der Waals surface area contributed by atoms with E-state index in [1.165, 1.54) is 23.8 Å². The number of nitrogens with zero attached hydrogens (tertiary/aromatic N) is 4. The van der Waals surface area contributed by atoms with Crippen molar-refractivity contribution in [3.63, 3.8) is 0 Å². The smallest absolute Gasteiger partial charge is 0.330 e. The summed E-state index contributed by atoms with van der Waals surface area (Å²) >= 11 is 0. The monoisotopic (exact) mass is 351 g/mol. The summed E-state index contributed by atoms with van der Waals surface area (Å²) < 4.78 is 12.8. The van der Waals surface area contributed by atoms with Gasteiger partial charge >= 0.3 is 11.7 Å². The molecule has 1 fully saturated rings. The fourth-order valence-electron chi connectivity index (χ4n) is 3.31. The minimum atomic E-state index is -0.880. The maximum atomic E-state index is 12.1. The number of azide groups is 1. The van der Waals surface area contributed by atoms with E-state index >= 15 is 0 Å². The van der Waals surface area contributed by atoms with Gasteiger partial charge < -0.3 is 9.47 Å². The fraction of sp³-hybridized carbons (Fsp3) is 0.667. The minimum absolute atomic E-state index is 0.217. The maximum absolute atomic E-state index is 12.1. The topological polar surface area (TPSA) is 139 Å². The van der Waals surface area contributed by atoms with Crippen LogP contribution in [-0.2, 0) is 14.3 Å². The van der Waals surface area contributed by atoms with E-state index < -0.39 is 35.2 Å². The first-order valence-electron chi connectivity index (χ1n) is 8.02. The lowest BCUT2D eigenvalue weighted by molar-refractivity contribution is -0.154. The second-order valence-corrected chi connectivity index (χ2v) is 6.01. The molecule has 0 spiro atoms. The lowest BCUT2D eigenvalue weighted by atomic mass is 9.82. The third kappa shape index (κ3) is 3.75. The zero-order chi connectivity index (χ0) is 18.6. The SMILES string of the molecule is CC[C@@]1(CCN=[N+]=[N-])O[C@@H](n2ccc(=O)[nH]c2=O)C(OC(C)=O)[C@H]1C. The first-order valence-corrected chi connectivity index (χ1v) is 8.02. The van der Waals surface area contributed by atoms with Crippen LogP contribution in [0.4, 0.5) is 0 Å². The summed E-state index contributed by atoms with van der Waals surface area (Å²) in [4.78, 5) is 39.9. The van der Waals surface area contributed by atoms with Gasteiger partial charge in [-0.25, -0.2) is 4.79 Å². The Bertz CT molecular complexity index is 796. The van der Waals surface area contributed by atoms with Crippen LogP contribution in [0.3, 0.4) is 0 Å². The fourth-order valence-corrected chi connectivity index (χ4v) is 3.31. The average molecular weight is 351 g/mol. The molecule has 10 nitrogen and oxygen atoms in total. The number of aromatic nitrogens is 2. The highest BCUT2D eigenvalue weighted by Gasteiger charge is 2.53. The van der Waals surface area contributed by atoms with E-state index in [-0.39, 0.29) is 12.5 Å². The third-order valence-corrected chi connectivity index (χ3v) is 4.68. The lowest BCUT2D eigenvalue weighted by Crippen LogP contribution is -2.38. The number of carbonyl (C=O) groups excluding carboxylic acids is 1. The molecule has 1 aliphatic heterocycles. The normalized spacial score (nSPS) is 28.4. The summed E-state index contributed by atoms with van der Waals surface area (Å²) in [6.45, 7) is 5.28. The first-order chi connectivity index (χ1) is 11.8. The van der Waals surface area contributed by atoms with Gasteiger partial charge in [0.05, 0.1) is 5.60 Å². The molecule has 1 N–H and O–H groups in total. The molecule has 1 aliphatic rings. The molecule has 25 heavy (non-hydrogen) atoms. The second-order valence-electron chi connectivity index (χ2n) is 6.01. The van der Waals surface area contributed by atoms with E-state index in [1.54, 1.807) is 0 Å². The van der Waals surface area contributed by atoms with Gasteiger partial charge in [-0.3, -0.25) is 19.1 Å². The van der Waals surface area contributed by atoms with Crippen LogP contribution in [0.5, 0.6) is 0 Å². The van der Waals surface area contributed by atoms with Crippen LogP contribution in [0.2, 0.25) is 0 Å². The van der Waals surface area contributed by atoms with Crippen molar-refractivity contribution in [2.45, 2.75) is 51.5 Å². The van der Waals surface area contributed by atoms with Gasteiger partial charge in [-0.05, 0) is 18.4 Å². The van der Waals surface area contributed by atoms with Gasteiger partial charge in [0.15, 0.2) is 12.3 Å². The highest BCUT2D eigenvalue weighted by atomic mass is 16.6. The van der Waals surface area contributed by atoms with E-state index in [9.17, 15) is 14.4 Å². The van der Waals surface area contributed by atoms with Gasteiger partial charge in [-0.15, -0.1) is 0 Å². The molecule has 1 aromatic rings. The molecular formula is C15H21N5O5. The molecule has 0 aliphatic carbocycles. The van der Waals surface area contributed by atoms with Gasteiger partial charge in [-0.1, -0.05) is 19.0 Å². The molecular weight excluding hydrogens is 330 g/mol. The molecule has 1 unspecified atom stereocenters. The Morgan fingerprint density at radius 2 is 2.28 bits per heavy atom. The highest BCUT2D eigenvalue weighted by molar-refractivity contribution is 5.66. The number of hydrogen-bond acceptors (Lipinski definition) is 6. The van der Waals surface area contributed by atoms with Crippen molar-refractivity contribution in [3.05, 3.63) is 43.5 Å². The molecule has 0 amide bonds. The van der Waals surface area contributed by atoms with Gasteiger partial charge in [0, 0.05) is 36.6 Å². The molecule has 0 radical (unpaired) electrons. The number of esters is 1. The van der Waals surface area contributed by atoms with Gasteiger partial charge in [0.2, 0.25) is 0 Å². The third-order valence-electron chi connectivity index (χ3n) is 4.68. The Morgan fingerprint density at radius 3 is 2.84 bits per heavy atom. The maximum Gasteiger partial charge on any atom is 0.330 e. The number of nitrogens with one attached hydrogen (secondary N) is 1. The molecule has 0 saturated carbocycles. The largest absolute Gasteiger partial charge is 0.457 e. The van der Waals surface area contributed by atoms with Crippen LogP contribution < -0.4 is 11.2 Å². The number of aromatic amines is 1.